The molecule has 3 rings (SSSR count). The SMILES string of the molecule is CC(NC(=O)c1ccoc1)C(=O)N1CCC(C2OCCO2)CC1. The summed E-state index contributed by atoms with van der Waals surface area (Å²) in [5, 5.41) is 2.71. The largest absolute Gasteiger partial charge is 0.472 e. The third kappa shape index (κ3) is 3.73. The van der Waals surface area contributed by atoms with Gasteiger partial charge in [0.2, 0.25) is 5.91 Å². The van der Waals surface area contributed by atoms with Gasteiger partial charge in [0, 0.05) is 19.0 Å². The zero-order valence-corrected chi connectivity index (χ0v) is 13.2. The number of amides is 2. The van der Waals surface area contributed by atoms with Crippen molar-refractivity contribution in [3.8, 4) is 0 Å². The van der Waals surface area contributed by atoms with Crippen molar-refractivity contribution in [2.75, 3.05) is 26.3 Å². The molecule has 3 heterocycles. The zero-order valence-electron chi connectivity index (χ0n) is 13.2. The smallest absolute Gasteiger partial charge is 0.255 e. The molecule has 0 bridgehead atoms. The summed E-state index contributed by atoms with van der Waals surface area (Å²) in [5.41, 5.74) is 0.416. The summed E-state index contributed by atoms with van der Waals surface area (Å²) in [6.45, 7) is 4.34. The molecule has 1 aromatic rings. The molecule has 7 nitrogen and oxygen atoms in total. The van der Waals surface area contributed by atoms with E-state index in [0.29, 0.717) is 37.8 Å². The van der Waals surface area contributed by atoms with E-state index in [-0.39, 0.29) is 18.1 Å². The maximum Gasteiger partial charge on any atom is 0.255 e. The molecule has 1 atom stereocenters. The van der Waals surface area contributed by atoms with E-state index < -0.39 is 6.04 Å². The summed E-state index contributed by atoms with van der Waals surface area (Å²) in [7, 11) is 0. The van der Waals surface area contributed by atoms with E-state index in [2.05, 4.69) is 5.32 Å². The number of nitrogens with one attached hydrogen (secondary N) is 1. The number of hydrogen-bond donors (Lipinski definition) is 1. The number of carbonyl (C=O) groups is 2. The lowest BCUT2D eigenvalue weighted by atomic mass is 9.96. The zero-order chi connectivity index (χ0) is 16.2. The first-order valence-electron chi connectivity index (χ1n) is 8.00. The molecule has 7 heteroatoms. The van der Waals surface area contributed by atoms with Crippen molar-refractivity contribution < 1.29 is 23.5 Å². The summed E-state index contributed by atoms with van der Waals surface area (Å²) in [4.78, 5) is 26.2. The van der Waals surface area contributed by atoms with Gasteiger partial charge >= 0.3 is 0 Å². The van der Waals surface area contributed by atoms with E-state index in [1.165, 1.54) is 12.5 Å². The molecule has 1 N–H and O–H groups in total. The van der Waals surface area contributed by atoms with Crippen LogP contribution >= 0.6 is 0 Å². The van der Waals surface area contributed by atoms with E-state index in [4.69, 9.17) is 13.9 Å². The lowest BCUT2D eigenvalue weighted by molar-refractivity contribution is -0.138. The maximum atomic E-state index is 12.5. The van der Waals surface area contributed by atoms with Crippen LogP contribution < -0.4 is 5.32 Å². The van der Waals surface area contributed by atoms with Gasteiger partial charge in [0.05, 0.1) is 25.0 Å². The van der Waals surface area contributed by atoms with Gasteiger partial charge in [-0.2, -0.15) is 0 Å². The van der Waals surface area contributed by atoms with Crippen LogP contribution in [0.4, 0.5) is 0 Å². The predicted molar refractivity (Wildman–Crippen MR) is 80.6 cm³/mol. The van der Waals surface area contributed by atoms with Gasteiger partial charge in [-0.3, -0.25) is 9.59 Å². The van der Waals surface area contributed by atoms with Crippen LogP contribution in [0.2, 0.25) is 0 Å². The van der Waals surface area contributed by atoms with Crippen molar-refractivity contribution >= 4 is 11.8 Å². The standard InChI is InChI=1S/C16H22N2O5/c1-11(17-14(19)13-4-7-21-10-13)15(20)18-5-2-12(3-6-18)16-22-8-9-23-16/h4,7,10-12,16H,2-3,5-6,8-9H2,1H3,(H,17,19). The third-order valence-electron chi connectivity index (χ3n) is 4.39. The molecule has 0 aromatic carbocycles. The van der Waals surface area contributed by atoms with E-state index in [1.54, 1.807) is 17.9 Å². The van der Waals surface area contributed by atoms with Gasteiger partial charge in [-0.25, -0.2) is 0 Å². The molecule has 126 valence electrons. The number of piperidine rings is 1. The number of rotatable bonds is 4. The lowest BCUT2D eigenvalue weighted by Crippen LogP contribution is -2.50. The Balaban J connectivity index is 1.47. The van der Waals surface area contributed by atoms with E-state index in [1.807, 2.05) is 0 Å². The minimum absolute atomic E-state index is 0.0615. The van der Waals surface area contributed by atoms with Gasteiger partial charge < -0.3 is 24.1 Å². The summed E-state index contributed by atoms with van der Waals surface area (Å²) in [6.07, 6.45) is 4.39. The summed E-state index contributed by atoms with van der Waals surface area (Å²) in [5.74, 6) is -0.0202. The van der Waals surface area contributed by atoms with Crippen molar-refractivity contribution in [3.05, 3.63) is 24.2 Å². The Morgan fingerprint density at radius 1 is 1.26 bits per heavy atom. The minimum Gasteiger partial charge on any atom is -0.472 e. The molecule has 2 fully saturated rings. The molecule has 0 aliphatic carbocycles. The average Bonchev–Trinajstić information content (AvgIpc) is 3.27. The van der Waals surface area contributed by atoms with Gasteiger partial charge in [-0.05, 0) is 25.8 Å². The van der Waals surface area contributed by atoms with Crippen LogP contribution in [0.15, 0.2) is 23.0 Å². The number of furan rings is 1. The fourth-order valence-electron chi connectivity index (χ4n) is 3.05. The minimum atomic E-state index is -0.562. The number of ether oxygens (including phenoxy) is 2. The first kappa shape index (κ1) is 16.0. The fourth-order valence-corrected chi connectivity index (χ4v) is 3.05. The van der Waals surface area contributed by atoms with Crippen molar-refractivity contribution in [2.45, 2.75) is 32.1 Å². The molecule has 2 saturated heterocycles. The molecule has 0 saturated carbocycles. The van der Waals surface area contributed by atoms with Gasteiger partial charge in [0.1, 0.15) is 12.3 Å². The molecular weight excluding hydrogens is 300 g/mol. The Kier molecular flexibility index (Phi) is 4.97. The van der Waals surface area contributed by atoms with Gasteiger partial charge in [0.25, 0.3) is 5.91 Å². The quantitative estimate of drug-likeness (QED) is 0.895. The lowest BCUT2D eigenvalue weighted by Gasteiger charge is -2.35. The molecular formula is C16H22N2O5. The first-order valence-corrected chi connectivity index (χ1v) is 8.00. The Morgan fingerprint density at radius 3 is 2.57 bits per heavy atom. The van der Waals surface area contributed by atoms with Crippen molar-refractivity contribution in [3.63, 3.8) is 0 Å². The van der Waals surface area contributed by atoms with Gasteiger partial charge in [-0.15, -0.1) is 0 Å². The fraction of sp³-hybridized carbons (Fsp3) is 0.625. The Morgan fingerprint density at radius 2 is 1.96 bits per heavy atom. The Labute approximate surface area is 134 Å². The number of hydrogen-bond acceptors (Lipinski definition) is 5. The number of carbonyl (C=O) groups excluding carboxylic acids is 2. The molecule has 2 amide bonds. The maximum absolute atomic E-state index is 12.5. The van der Waals surface area contributed by atoms with Crippen LogP contribution in [0, 0.1) is 5.92 Å². The molecule has 23 heavy (non-hydrogen) atoms. The molecule has 2 aliphatic heterocycles. The van der Waals surface area contributed by atoms with Crippen molar-refractivity contribution in [1.82, 2.24) is 10.2 Å². The van der Waals surface area contributed by atoms with E-state index in [9.17, 15) is 9.59 Å². The normalized spacial score (nSPS) is 21.3. The molecule has 2 aliphatic rings. The highest BCUT2D eigenvalue weighted by atomic mass is 16.7. The Hall–Kier alpha value is -1.86. The highest BCUT2D eigenvalue weighted by molar-refractivity contribution is 5.97. The van der Waals surface area contributed by atoms with Crippen LogP contribution in [-0.2, 0) is 14.3 Å². The second-order valence-corrected chi connectivity index (χ2v) is 5.98. The summed E-state index contributed by atoms with van der Waals surface area (Å²) < 4.78 is 16.0. The van der Waals surface area contributed by atoms with E-state index >= 15 is 0 Å². The van der Waals surface area contributed by atoms with Gasteiger partial charge in [-0.1, -0.05) is 0 Å². The van der Waals surface area contributed by atoms with Crippen LogP contribution in [0.3, 0.4) is 0 Å². The number of nitrogens with zero attached hydrogens (tertiary/aromatic N) is 1. The van der Waals surface area contributed by atoms with Crippen molar-refractivity contribution in [2.24, 2.45) is 5.92 Å². The molecule has 0 radical (unpaired) electrons. The second kappa shape index (κ2) is 7.14. The first-order chi connectivity index (χ1) is 11.1. The van der Waals surface area contributed by atoms with Crippen LogP contribution in [0.25, 0.3) is 0 Å². The monoisotopic (exact) mass is 322 g/mol. The summed E-state index contributed by atoms with van der Waals surface area (Å²) in [6, 6.07) is 1.01. The topological polar surface area (TPSA) is 81.0 Å². The molecule has 1 aromatic heterocycles. The van der Waals surface area contributed by atoms with E-state index in [0.717, 1.165) is 12.8 Å². The molecule has 1 unspecified atom stereocenters. The van der Waals surface area contributed by atoms with Crippen LogP contribution in [0.5, 0.6) is 0 Å². The van der Waals surface area contributed by atoms with Gasteiger partial charge in [0.15, 0.2) is 6.29 Å². The summed E-state index contributed by atoms with van der Waals surface area (Å²) >= 11 is 0. The highest BCUT2D eigenvalue weighted by Gasteiger charge is 2.33. The predicted octanol–water partition coefficient (Wildman–Crippen LogP) is 1.01. The average molecular weight is 322 g/mol. The van der Waals surface area contributed by atoms with Crippen LogP contribution in [0.1, 0.15) is 30.1 Å². The number of likely N-dealkylation sites (tertiary alicyclic amines) is 1. The second-order valence-electron chi connectivity index (χ2n) is 5.98. The Bertz CT molecular complexity index is 531. The third-order valence-corrected chi connectivity index (χ3v) is 4.39. The van der Waals surface area contributed by atoms with Crippen molar-refractivity contribution in [1.29, 1.82) is 0 Å². The highest BCUT2D eigenvalue weighted by Crippen LogP contribution is 2.26. The van der Waals surface area contributed by atoms with Crippen LogP contribution in [-0.4, -0.2) is 55.3 Å². The molecule has 0 spiro atoms.